The molecule has 118 valence electrons. The lowest BCUT2D eigenvalue weighted by Gasteiger charge is -2.18. The molecule has 1 fully saturated rings. The molecule has 2 N–H and O–H groups in total. The third-order valence-electron chi connectivity index (χ3n) is 3.82. The van der Waals surface area contributed by atoms with Gasteiger partial charge in [-0.05, 0) is 24.3 Å². The van der Waals surface area contributed by atoms with Crippen molar-refractivity contribution < 1.29 is 8.42 Å². The molecule has 2 aromatic rings. The fraction of sp³-hybridized carbons (Fsp3) is 0.400. The van der Waals surface area contributed by atoms with Crippen LogP contribution in [-0.4, -0.2) is 18.0 Å². The normalized spacial score (nSPS) is 16.6. The molecule has 1 aromatic heterocycles. The molecular weight excluding hydrogens is 300 g/mol. The van der Waals surface area contributed by atoms with Gasteiger partial charge in [-0.15, -0.1) is 0 Å². The summed E-state index contributed by atoms with van der Waals surface area (Å²) in [6, 6.07) is 9.18. The van der Waals surface area contributed by atoms with E-state index >= 15 is 0 Å². The maximum absolute atomic E-state index is 12.3. The van der Waals surface area contributed by atoms with Crippen LogP contribution < -0.4 is 9.44 Å². The van der Waals surface area contributed by atoms with Crippen molar-refractivity contribution in [2.75, 3.05) is 0 Å². The number of imidazole rings is 1. The van der Waals surface area contributed by atoms with Crippen LogP contribution in [0.3, 0.4) is 0 Å². The first kappa shape index (κ1) is 15.2. The second kappa shape index (κ2) is 6.20. The molecule has 22 heavy (non-hydrogen) atoms. The van der Waals surface area contributed by atoms with Gasteiger partial charge in [0.1, 0.15) is 5.82 Å². The highest BCUT2D eigenvalue weighted by molar-refractivity contribution is 7.87. The summed E-state index contributed by atoms with van der Waals surface area (Å²) in [5.41, 5.74) is 0.924. The number of aromatic nitrogens is 2. The number of rotatable bonds is 7. The van der Waals surface area contributed by atoms with Gasteiger partial charge >= 0.3 is 0 Å². The maximum Gasteiger partial charge on any atom is 0.277 e. The molecule has 0 amide bonds. The monoisotopic (exact) mass is 320 g/mol. The molecule has 1 atom stereocenters. The van der Waals surface area contributed by atoms with Gasteiger partial charge in [0.2, 0.25) is 0 Å². The van der Waals surface area contributed by atoms with E-state index in [1.165, 1.54) is 0 Å². The molecule has 1 aliphatic carbocycles. The Balaban J connectivity index is 1.68. The topological polar surface area (TPSA) is 76.0 Å². The SMILES string of the molecule is Cn1ccnc1C(NS(=O)(=O)NCc1ccccc1)C1CC1. The largest absolute Gasteiger partial charge is 0.337 e. The number of nitrogens with one attached hydrogen (secondary N) is 2. The van der Waals surface area contributed by atoms with E-state index in [1.54, 1.807) is 6.20 Å². The molecule has 1 aromatic carbocycles. The van der Waals surface area contributed by atoms with Crippen molar-refractivity contribution in [1.82, 2.24) is 19.0 Å². The molecule has 0 spiro atoms. The zero-order chi connectivity index (χ0) is 15.6. The minimum absolute atomic E-state index is 0.270. The van der Waals surface area contributed by atoms with Gasteiger partial charge in [0.15, 0.2) is 0 Å². The number of hydrogen-bond acceptors (Lipinski definition) is 3. The standard InChI is InChI=1S/C15H20N4O2S/c1-19-10-9-16-15(19)14(13-7-8-13)18-22(20,21)17-11-12-5-3-2-4-6-12/h2-6,9-10,13-14,17-18H,7-8,11H2,1H3. The van der Waals surface area contributed by atoms with Crippen molar-refractivity contribution in [3.05, 3.63) is 54.1 Å². The average Bonchev–Trinajstić information content (AvgIpc) is 3.26. The Morgan fingerprint density at radius 2 is 2.05 bits per heavy atom. The van der Waals surface area contributed by atoms with E-state index in [9.17, 15) is 8.42 Å². The summed E-state index contributed by atoms with van der Waals surface area (Å²) in [4.78, 5) is 4.29. The summed E-state index contributed by atoms with van der Waals surface area (Å²) in [7, 11) is -1.70. The molecule has 0 radical (unpaired) electrons. The molecule has 0 bridgehead atoms. The summed E-state index contributed by atoms with van der Waals surface area (Å²) in [5, 5.41) is 0. The lowest BCUT2D eigenvalue weighted by molar-refractivity contribution is 0.492. The smallest absolute Gasteiger partial charge is 0.277 e. The van der Waals surface area contributed by atoms with E-state index in [2.05, 4.69) is 14.4 Å². The highest BCUT2D eigenvalue weighted by Gasteiger charge is 2.37. The number of benzene rings is 1. The minimum Gasteiger partial charge on any atom is -0.337 e. The zero-order valence-electron chi connectivity index (χ0n) is 12.4. The number of hydrogen-bond donors (Lipinski definition) is 2. The average molecular weight is 320 g/mol. The van der Waals surface area contributed by atoms with Gasteiger partial charge in [0, 0.05) is 26.0 Å². The van der Waals surface area contributed by atoms with Crippen molar-refractivity contribution in [2.45, 2.75) is 25.4 Å². The Hall–Kier alpha value is -1.70. The van der Waals surface area contributed by atoms with E-state index in [-0.39, 0.29) is 12.6 Å². The van der Waals surface area contributed by atoms with Gasteiger partial charge < -0.3 is 4.57 Å². The zero-order valence-corrected chi connectivity index (χ0v) is 13.3. The lowest BCUT2D eigenvalue weighted by Crippen LogP contribution is -2.40. The second-order valence-electron chi connectivity index (χ2n) is 5.64. The van der Waals surface area contributed by atoms with Crippen LogP contribution in [0.1, 0.15) is 30.3 Å². The summed E-state index contributed by atoms with van der Waals surface area (Å²) in [6.45, 7) is 0.272. The van der Waals surface area contributed by atoms with E-state index in [1.807, 2.05) is 48.1 Å². The Bertz CT molecular complexity index is 723. The van der Waals surface area contributed by atoms with Crippen molar-refractivity contribution in [3.63, 3.8) is 0 Å². The van der Waals surface area contributed by atoms with Crippen molar-refractivity contribution >= 4 is 10.2 Å². The molecular formula is C15H20N4O2S. The predicted molar refractivity (Wildman–Crippen MR) is 84.0 cm³/mol. The fourth-order valence-corrected chi connectivity index (χ4v) is 3.52. The second-order valence-corrected chi connectivity index (χ2v) is 7.17. The summed E-state index contributed by atoms with van der Waals surface area (Å²) >= 11 is 0. The molecule has 1 unspecified atom stereocenters. The van der Waals surface area contributed by atoms with Crippen LogP contribution in [0.5, 0.6) is 0 Å². The molecule has 3 rings (SSSR count). The van der Waals surface area contributed by atoms with Gasteiger partial charge in [0.25, 0.3) is 10.2 Å². The van der Waals surface area contributed by atoms with Gasteiger partial charge in [-0.25, -0.2) is 4.98 Å². The van der Waals surface area contributed by atoms with Gasteiger partial charge in [-0.2, -0.15) is 17.9 Å². The Morgan fingerprint density at radius 1 is 1.32 bits per heavy atom. The van der Waals surface area contributed by atoms with Crippen LogP contribution in [0.15, 0.2) is 42.7 Å². The Labute approximate surface area is 130 Å². The molecule has 1 saturated carbocycles. The first-order valence-electron chi connectivity index (χ1n) is 7.33. The molecule has 1 heterocycles. The van der Waals surface area contributed by atoms with Crippen LogP contribution in [0, 0.1) is 5.92 Å². The van der Waals surface area contributed by atoms with Crippen LogP contribution in [-0.2, 0) is 23.8 Å². The minimum atomic E-state index is -3.58. The molecule has 1 aliphatic rings. The third kappa shape index (κ3) is 3.73. The summed E-state index contributed by atoms with van der Waals surface area (Å²) in [5.74, 6) is 1.09. The van der Waals surface area contributed by atoms with Gasteiger partial charge in [0.05, 0.1) is 6.04 Å². The molecule has 0 saturated heterocycles. The highest BCUT2D eigenvalue weighted by atomic mass is 32.2. The van der Waals surface area contributed by atoms with Crippen LogP contribution in [0.2, 0.25) is 0 Å². The molecule has 0 aliphatic heterocycles. The third-order valence-corrected chi connectivity index (χ3v) is 4.91. The first-order valence-corrected chi connectivity index (χ1v) is 8.81. The summed E-state index contributed by atoms with van der Waals surface area (Å²) in [6.07, 6.45) is 5.57. The van der Waals surface area contributed by atoms with Crippen LogP contribution in [0.4, 0.5) is 0 Å². The molecule has 6 nitrogen and oxygen atoms in total. The van der Waals surface area contributed by atoms with Crippen LogP contribution >= 0.6 is 0 Å². The van der Waals surface area contributed by atoms with E-state index in [0.29, 0.717) is 5.92 Å². The van der Waals surface area contributed by atoms with Crippen molar-refractivity contribution in [2.24, 2.45) is 13.0 Å². The van der Waals surface area contributed by atoms with Gasteiger partial charge in [-0.1, -0.05) is 30.3 Å². The van der Waals surface area contributed by atoms with E-state index in [4.69, 9.17) is 0 Å². The predicted octanol–water partition coefficient (Wildman–Crippen LogP) is 1.50. The highest BCUT2D eigenvalue weighted by Crippen LogP contribution is 2.40. The Kier molecular flexibility index (Phi) is 4.28. The lowest BCUT2D eigenvalue weighted by atomic mass is 10.2. The molecule has 7 heteroatoms. The van der Waals surface area contributed by atoms with Crippen LogP contribution in [0.25, 0.3) is 0 Å². The first-order chi connectivity index (χ1) is 10.6. The van der Waals surface area contributed by atoms with Crippen molar-refractivity contribution in [1.29, 1.82) is 0 Å². The Morgan fingerprint density at radius 3 is 2.64 bits per heavy atom. The van der Waals surface area contributed by atoms with Crippen molar-refractivity contribution in [3.8, 4) is 0 Å². The van der Waals surface area contributed by atoms with E-state index < -0.39 is 10.2 Å². The maximum atomic E-state index is 12.3. The van der Waals surface area contributed by atoms with Gasteiger partial charge in [-0.3, -0.25) is 0 Å². The number of aryl methyl sites for hydroxylation is 1. The number of nitrogens with zero attached hydrogens (tertiary/aromatic N) is 2. The van der Waals surface area contributed by atoms with E-state index in [0.717, 1.165) is 24.2 Å². The summed E-state index contributed by atoms with van der Waals surface area (Å²) < 4.78 is 31.8. The fourth-order valence-electron chi connectivity index (χ4n) is 2.45. The quantitative estimate of drug-likeness (QED) is 0.811.